The second-order valence-electron chi connectivity index (χ2n) is 6.17. The third kappa shape index (κ3) is 3.96. The summed E-state index contributed by atoms with van der Waals surface area (Å²) < 4.78 is 0. The summed E-state index contributed by atoms with van der Waals surface area (Å²) >= 11 is 0. The van der Waals surface area contributed by atoms with Gasteiger partial charge in [0.2, 0.25) is 0 Å². The van der Waals surface area contributed by atoms with Crippen LogP contribution in [0.15, 0.2) is 48.5 Å². The van der Waals surface area contributed by atoms with Crippen molar-refractivity contribution < 1.29 is 0 Å². The summed E-state index contributed by atoms with van der Waals surface area (Å²) in [6, 6.07) is 17.6. The molecule has 0 unspecified atom stereocenters. The molecular weight excluding hydrogens is 246 g/mol. The fourth-order valence-corrected chi connectivity index (χ4v) is 3.25. The summed E-state index contributed by atoms with van der Waals surface area (Å²) in [6.07, 6.45) is 0. The number of aryl methyl sites for hydroxylation is 1. The maximum atomic E-state index is 3.47. The van der Waals surface area contributed by atoms with Crippen LogP contribution < -0.4 is 10.5 Å². The zero-order valence-corrected chi connectivity index (χ0v) is 13.3. The SMILES string of the molecule is Cc1cccc(NCc2ccc([Si](C)(C)C)cc2)c1. The van der Waals surface area contributed by atoms with E-state index >= 15 is 0 Å². The van der Waals surface area contributed by atoms with Crippen molar-refractivity contribution in [3.63, 3.8) is 0 Å². The predicted octanol–water partition coefficient (Wildman–Crippen LogP) is 4.15. The molecule has 0 radical (unpaired) electrons. The van der Waals surface area contributed by atoms with E-state index in [0.29, 0.717) is 0 Å². The molecule has 0 saturated heterocycles. The highest BCUT2D eigenvalue weighted by atomic mass is 28.3. The van der Waals surface area contributed by atoms with Crippen molar-refractivity contribution in [3.8, 4) is 0 Å². The van der Waals surface area contributed by atoms with Gasteiger partial charge in [-0.25, -0.2) is 0 Å². The van der Waals surface area contributed by atoms with Crippen LogP contribution in [0.4, 0.5) is 5.69 Å². The average Bonchev–Trinajstić information content (AvgIpc) is 2.36. The highest BCUT2D eigenvalue weighted by molar-refractivity contribution is 6.88. The van der Waals surface area contributed by atoms with Gasteiger partial charge < -0.3 is 5.32 Å². The molecule has 100 valence electrons. The van der Waals surface area contributed by atoms with E-state index < -0.39 is 8.07 Å². The molecule has 19 heavy (non-hydrogen) atoms. The molecule has 0 spiro atoms. The molecule has 0 heterocycles. The fourth-order valence-electron chi connectivity index (χ4n) is 2.08. The molecule has 0 amide bonds. The van der Waals surface area contributed by atoms with Crippen LogP contribution >= 0.6 is 0 Å². The Hall–Kier alpha value is -1.54. The minimum Gasteiger partial charge on any atom is -0.381 e. The summed E-state index contributed by atoms with van der Waals surface area (Å²) in [5.41, 5.74) is 3.82. The number of nitrogens with one attached hydrogen (secondary N) is 1. The topological polar surface area (TPSA) is 12.0 Å². The van der Waals surface area contributed by atoms with Crippen molar-refractivity contribution in [2.45, 2.75) is 33.1 Å². The van der Waals surface area contributed by atoms with Gasteiger partial charge in [0, 0.05) is 12.2 Å². The molecule has 1 nitrogen and oxygen atoms in total. The van der Waals surface area contributed by atoms with Gasteiger partial charge in [0.05, 0.1) is 8.07 Å². The van der Waals surface area contributed by atoms with Crippen molar-refractivity contribution in [3.05, 3.63) is 59.7 Å². The Bertz CT molecular complexity index is 538. The Morgan fingerprint density at radius 3 is 2.21 bits per heavy atom. The van der Waals surface area contributed by atoms with E-state index in [4.69, 9.17) is 0 Å². The van der Waals surface area contributed by atoms with Gasteiger partial charge in [-0.1, -0.05) is 61.2 Å². The first-order valence-electron chi connectivity index (χ1n) is 6.85. The van der Waals surface area contributed by atoms with Gasteiger partial charge in [0.1, 0.15) is 0 Å². The molecule has 1 N–H and O–H groups in total. The summed E-state index contributed by atoms with van der Waals surface area (Å²) in [5, 5.41) is 4.99. The molecule has 2 aromatic rings. The molecule has 0 saturated carbocycles. The molecule has 0 aliphatic carbocycles. The molecule has 0 aromatic heterocycles. The number of benzene rings is 2. The Balaban J connectivity index is 2.01. The van der Waals surface area contributed by atoms with Gasteiger partial charge in [-0.05, 0) is 30.2 Å². The van der Waals surface area contributed by atoms with Crippen LogP contribution in [-0.4, -0.2) is 8.07 Å². The van der Waals surface area contributed by atoms with Crippen LogP contribution in [0, 0.1) is 6.92 Å². The van der Waals surface area contributed by atoms with Gasteiger partial charge in [-0.15, -0.1) is 0 Å². The first-order chi connectivity index (χ1) is 8.95. The van der Waals surface area contributed by atoms with E-state index in [0.717, 1.165) is 6.54 Å². The van der Waals surface area contributed by atoms with Crippen molar-refractivity contribution in [2.24, 2.45) is 0 Å². The van der Waals surface area contributed by atoms with Crippen LogP contribution in [0.1, 0.15) is 11.1 Å². The molecule has 2 rings (SSSR count). The first kappa shape index (κ1) is 13.9. The van der Waals surface area contributed by atoms with E-state index in [1.165, 1.54) is 22.0 Å². The molecule has 2 heteroatoms. The average molecular weight is 269 g/mol. The maximum Gasteiger partial charge on any atom is 0.0775 e. The van der Waals surface area contributed by atoms with Crippen molar-refractivity contribution in [2.75, 3.05) is 5.32 Å². The summed E-state index contributed by atoms with van der Waals surface area (Å²) in [6.45, 7) is 10.1. The Morgan fingerprint density at radius 1 is 0.947 bits per heavy atom. The van der Waals surface area contributed by atoms with Gasteiger partial charge in [0.15, 0.2) is 0 Å². The lowest BCUT2D eigenvalue weighted by Gasteiger charge is -2.17. The minimum atomic E-state index is -1.17. The summed E-state index contributed by atoms with van der Waals surface area (Å²) in [4.78, 5) is 0. The Kier molecular flexibility index (Phi) is 4.10. The molecular formula is C17H23NSi. The fraction of sp³-hybridized carbons (Fsp3) is 0.294. The zero-order valence-electron chi connectivity index (χ0n) is 12.3. The van der Waals surface area contributed by atoms with Crippen LogP contribution in [0.25, 0.3) is 0 Å². The third-order valence-electron chi connectivity index (χ3n) is 3.33. The van der Waals surface area contributed by atoms with Crippen molar-refractivity contribution >= 4 is 18.9 Å². The normalized spacial score (nSPS) is 11.4. The third-order valence-corrected chi connectivity index (χ3v) is 5.40. The summed E-state index contributed by atoms with van der Waals surface area (Å²) in [7, 11) is -1.17. The molecule has 2 aromatic carbocycles. The van der Waals surface area contributed by atoms with Gasteiger partial charge in [0.25, 0.3) is 0 Å². The van der Waals surface area contributed by atoms with Gasteiger partial charge in [-0.3, -0.25) is 0 Å². The number of anilines is 1. The number of rotatable bonds is 4. The zero-order chi connectivity index (χ0) is 13.9. The second kappa shape index (κ2) is 5.62. The molecule has 0 aliphatic heterocycles. The predicted molar refractivity (Wildman–Crippen MR) is 87.9 cm³/mol. The molecule has 0 fully saturated rings. The minimum absolute atomic E-state index is 0.884. The molecule has 0 aliphatic rings. The Labute approximate surface area is 117 Å². The van der Waals surface area contributed by atoms with Gasteiger partial charge >= 0.3 is 0 Å². The van der Waals surface area contributed by atoms with E-state index in [1.54, 1.807) is 0 Å². The summed E-state index contributed by atoms with van der Waals surface area (Å²) in [5.74, 6) is 0. The standard InChI is InChI=1S/C17H23NSi/c1-14-6-5-7-16(12-14)18-13-15-8-10-17(11-9-15)19(2,3)4/h5-12,18H,13H2,1-4H3. The van der Waals surface area contributed by atoms with E-state index in [1.807, 2.05) is 0 Å². The lowest BCUT2D eigenvalue weighted by atomic mass is 10.2. The maximum absolute atomic E-state index is 3.47. The lowest BCUT2D eigenvalue weighted by molar-refractivity contribution is 1.15. The van der Waals surface area contributed by atoms with Gasteiger partial charge in [-0.2, -0.15) is 0 Å². The van der Waals surface area contributed by atoms with Crippen molar-refractivity contribution in [1.82, 2.24) is 0 Å². The van der Waals surface area contributed by atoms with Crippen molar-refractivity contribution in [1.29, 1.82) is 0 Å². The first-order valence-corrected chi connectivity index (χ1v) is 10.3. The lowest BCUT2D eigenvalue weighted by Crippen LogP contribution is -2.37. The largest absolute Gasteiger partial charge is 0.381 e. The monoisotopic (exact) mass is 269 g/mol. The number of hydrogen-bond acceptors (Lipinski definition) is 1. The highest BCUT2D eigenvalue weighted by Gasteiger charge is 2.15. The van der Waals surface area contributed by atoms with E-state index in [2.05, 4.69) is 80.4 Å². The van der Waals surface area contributed by atoms with Crippen LogP contribution in [0.2, 0.25) is 19.6 Å². The molecule has 0 atom stereocenters. The second-order valence-corrected chi connectivity index (χ2v) is 11.2. The number of hydrogen-bond donors (Lipinski definition) is 1. The van der Waals surface area contributed by atoms with Crippen LogP contribution in [-0.2, 0) is 6.54 Å². The quantitative estimate of drug-likeness (QED) is 0.822. The Morgan fingerprint density at radius 2 is 1.63 bits per heavy atom. The highest BCUT2D eigenvalue weighted by Crippen LogP contribution is 2.11. The van der Waals surface area contributed by atoms with E-state index in [-0.39, 0.29) is 0 Å². The van der Waals surface area contributed by atoms with E-state index in [9.17, 15) is 0 Å². The van der Waals surface area contributed by atoms with Crippen LogP contribution in [0.3, 0.4) is 0 Å². The van der Waals surface area contributed by atoms with Crippen LogP contribution in [0.5, 0.6) is 0 Å². The smallest absolute Gasteiger partial charge is 0.0775 e. The molecule has 0 bridgehead atoms.